The molecular weight excluding hydrogens is 685 g/mol. The van der Waals surface area contributed by atoms with E-state index in [4.69, 9.17) is 14.2 Å². The zero-order valence-corrected chi connectivity index (χ0v) is 37.0. The zero-order chi connectivity index (χ0) is 40.1. The van der Waals surface area contributed by atoms with Crippen molar-refractivity contribution in [2.45, 2.75) is 271 Å². The smallest absolute Gasteiger partial charge is 0.306 e. The Bertz CT molecular complexity index is 854. The van der Waals surface area contributed by atoms with E-state index < -0.39 is 6.10 Å². The lowest BCUT2D eigenvalue weighted by molar-refractivity contribution is -0.167. The number of allylic oxidation sites excluding steroid dienone is 2. The van der Waals surface area contributed by atoms with Crippen molar-refractivity contribution in [3.05, 3.63) is 12.2 Å². The molecule has 0 aromatic rings. The Labute approximate surface area is 341 Å². The maximum Gasteiger partial charge on any atom is 0.306 e. The molecule has 0 bridgehead atoms. The van der Waals surface area contributed by atoms with Crippen LogP contribution >= 0.6 is 0 Å². The highest BCUT2D eigenvalue weighted by Crippen LogP contribution is 2.15. The van der Waals surface area contributed by atoms with Crippen molar-refractivity contribution in [1.82, 2.24) is 0 Å². The molecule has 0 saturated heterocycles. The Kier molecular flexibility index (Phi) is 43.4. The maximum absolute atomic E-state index is 12.7. The number of hydrogen-bond donors (Lipinski definition) is 0. The van der Waals surface area contributed by atoms with Gasteiger partial charge in [-0.2, -0.15) is 0 Å². The average Bonchev–Trinajstić information content (AvgIpc) is 3.18. The molecule has 0 aliphatic rings. The lowest BCUT2D eigenvalue weighted by Gasteiger charge is -2.18. The number of unbranched alkanes of at least 4 members (excludes halogenated alkanes) is 31. The summed E-state index contributed by atoms with van der Waals surface area (Å²) in [6.07, 6.45) is 47.6. The Morgan fingerprint density at radius 1 is 0.345 bits per heavy atom. The predicted octanol–water partition coefficient (Wildman–Crippen LogP) is 15.4. The van der Waals surface area contributed by atoms with Crippen LogP contribution in [0.5, 0.6) is 0 Å². The van der Waals surface area contributed by atoms with Gasteiger partial charge in [0.05, 0.1) is 0 Å². The second-order valence-corrected chi connectivity index (χ2v) is 16.4. The summed E-state index contributed by atoms with van der Waals surface area (Å²) in [4.78, 5) is 37.8. The summed E-state index contributed by atoms with van der Waals surface area (Å²) in [5.41, 5.74) is 0. The molecule has 0 aliphatic carbocycles. The second-order valence-electron chi connectivity index (χ2n) is 16.4. The first kappa shape index (κ1) is 53.1. The van der Waals surface area contributed by atoms with Crippen molar-refractivity contribution in [2.24, 2.45) is 0 Å². The van der Waals surface area contributed by atoms with Gasteiger partial charge in [-0.05, 0) is 44.9 Å². The van der Waals surface area contributed by atoms with E-state index in [1.54, 1.807) is 0 Å². The third kappa shape index (κ3) is 43.1. The third-order valence-corrected chi connectivity index (χ3v) is 10.8. The molecule has 55 heavy (non-hydrogen) atoms. The number of hydrogen-bond acceptors (Lipinski definition) is 6. The van der Waals surface area contributed by atoms with Crippen LogP contribution in [0.3, 0.4) is 0 Å². The maximum atomic E-state index is 12.7. The molecule has 1 unspecified atom stereocenters. The van der Waals surface area contributed by atoms with Gasteiger partial charge in [-0.1, -0.05) is 213 Å². The van der Waals surface area contributed by atoms with E-state index >= 15 is 0 Å². The first-order chi connectivity index (χ1) is 27.0. The quantitative estimate of drug-likeness (QED) is 0.0265. The summed E-state index contributed by atoms with van der Waals surface area (Å²) < 4.78 is 16.7. The van der Waals surface area contributed by atoms with Gasteiger partial charge in [0.1, 0.15) is 13.2 Å². The van der Waals surface area contributed by atoms with Gasteiger partial charge in [-0.25, -0.2) is 0 Å². The van der Waals surface area contributed by atoms with E-state index in [0.717, 1.165) is 70.6 Å². The van der Waals surface area contributed by atoms with E-state index in [2.05, 4.69) is 32.9 Å². The van der Waals surface area contributed by atoms with Crippen molar-refractivity contribution >= 4 is 17.9 Å². The van der Waals surface area contributed by atoms with E-state index in [0.29, 0.717) is 19.3 Å². The zero-order valence-electron chi connectivity index (χ0n) is 37.0. The number of carbonyl (C=O) groups is 3. The average molecular weight is 777 g/mol. The van der Waals surface area contributed by atoms with E-state index in [9.17, 15) is 14.4 Å². The molecule has 6 heteroatoms. The fourth-order valence-corrected chi connectivity index (χ4v) is 7.08. The molecule has 0 N–H and O–H groups in total. The Morgan fingerprint density at radius 2 is 0.600 bits per heavy atom. The predicted molar refractivity (Wildman–Crippen MR) is 233 cm³/mol. The van der Waals surface area contributed by atoms with Crippen molar-refractivity contribution in [3.8, 4) is 0 Å². The summed E-state index contributed by atoms with van der Waals surface area (Å²) in [6.45, 7) is 6.63. The van der Waals surface area contributed by atoms with Crippen LogP contribution in [0.4, 0.5) is 0 Å². The molecular formula is C49H92O6. The fourth-order valence-electron chi connectivity index (χ4n) is 7.08. The van der Waals surface area contributed by atoms with Gasteiger partial charge < -0.3 is 14.2 Å². The van der Waals surface area contributed by atoms with Crippen LogP contribution in [0.25, 0.3) is 0 Å². The normalized spacial score (nSPS) is 12.0. The number of rotatable bonds is 44. The highest BCUT2D eigenvalue weighted by atomic mass is 16.6. The van der Waals surface area contributed by atoms with Crippen molar-refractivity contribution in [3.63, 3.8) is 0 Å². The molecule has 0 amide bonds. The van der Waals surface area contributed by atoms with Crippen LogP contribution in [0.2, 0.25) is 0 Å². The number of ether oxygens (including phenoxy) is 3. The number of carbonyl (C=O) groups excluding carboxylic acids is 3. The minimum absolute atomic E-state index is 0.0699. The van der Waals surface area contributed by atoms with Crippen LogP contribution in [-0.4, -0.2) is 37.2 Å². The molecule has 0 fully saturated rings. The molecule has 0 aromatic heterocycles. The Hall–Kier alpha value is -1.85. The third-order valence-electron chi connectivity index (χ3n) is 10.8. The summed E-state index contributed by atoms with van der Waals surface area (Å²) in [6, 6.07) is 0. The molecule has 1 atom stereocenters. The van der Waals surface area contributed by atoms with Crippen LogP contribution in [-0.2, 0) is 28.6 Å². The second kappa shape index (κ2) is 44.9. The van der Waals surface area contributed by atoms with E-state index in [-0.39, 0.29) is 31.1 Å². The van der Waals surface area contributed by atoms with Gasteiger partial charge in [0, 0.05) is 19.3 Å². The standard InChI is InChI=1S/C49H92O6/c1-4-7-10-13-16-19-22-24-27-30-33-36-39-42-48(51)54-45-46(44-53-47(50)41-38-35-32-29-26-21-18-15-12-9-6-3)55-49(52)43-40-37-34-31-28-25-23-20-17-14-11-8-5-2/h24,27,46H,4-23,25-26,28-45H2,1-3H3/b27-24-. The Morgan fingerprint density at radius 3 is 0.927 bits per heavy atom. The molecule has 6 nitrogen and oxygen atoms in total. The first-order valence-corrected chi connectivity index (χ1v) is 24.2. The minimum atomic E-state index is -0.767. The largest absolute Gasteiger partial charge is 0.462 e. The van der Waals surface area contributed by atoms with Crippen LogP contribution in [0.15, 0.2) is 12.2 Å². The lowest BCUT2D eigenvalue weighted by Crippen LogP contribution is -2.30. The van der Waals surface area contributed by atoms with Gasteiger partial charge in [0.25, 0.3) is 0 Å². The molecule has 0 saturated carbocycles. The SMILES string of the molecule is CCCCCCCC/C=C\CCCCCC(=O)OCC(COC(=O)CCCCCCCCCCCCC)OC(=O)CCCCCCCCCCCCCCC. The lowest BCUT2D eigenvalue weighted by atomic mass is 10.0. The molecule has 0 radical (unpaired) electrons. The molecule has 0 spiro atoms. The Balaban J connectivity index is 4.35. The summed E-state index contributed by atoms with van der Waals surface area (Å²) in [5.74, 6) is -0.876. The minimum Gasteiger partial charge on any atom is -0.462 e. The summed E-state index contributed by atoms with van der Waals surface area (Å²) in [5, 5.41) is 0. The van der Waals surface area contributed by atoms with Crippen molar-refractivity contribution in [2.75, 3.05) is 13.2 Å². The summed E-state index contributed by atoms with van der Waals surface area (Å²) in [7, 11) is 0. The van der Waals surface area contributed by atoms with Crippen molar-refractivity contribution < 1.29 is 28.6 Å². The molecule has 0 heterocycles. The van der Waals surface area contributed by atoms with Crippen molar-refractivity contribution in [1.29, 1.82) is 0 Å². The molecule has 0 aliphatic heterocycles. The molecule has 0 rings (SSSR count). The molecule has 324 valence electrons. The number of esters is 3. The van der Waals surface area contributed by atoms with Gasteiger partial charge in [0.2, 0.25) is 0 Å². The van der Waals surface area contributed by atoms with Crippen LogP contribution < -0.4 is 0 Å². The summed E-state index contributed by atoms with van der Waals surface area (Å²) >= 11 is 0. The highest BCUT2D eigenvalue weighted by Gasteiger charge is 2.19. The van der Waals surface area contributed by atoms with Crippen LogP contribution in [0, 0.1) is 0 Å². The van der Waals surface area contributed by atoms with E-state index in [1.807, 2.05) is 0 Å². The van der Waals surface area contributed by atoms with Gasteiger partial charge in [-0.15, -0.1) is 0 Å². The molecule has 0 aromatic carbocycles. The van der Waals surface area contributed by atoms with Gasteiger partial charge in [-0.3, -0.25) is 14.4 Å². The highest BCUT2D eigenvalue weighted by molar-refractivity contribution is 5.71. The first-order valence-electron chi connectivity index (χ1n) is 24.2. The van der Waals surface area contributed by atoms with E-state index in [1.165, 1.54) is 154 Å². The van der Waals surface area contributed by atoms with Gasteiger partial charge >= 0.3 is 17.9 Å². The fraction of sp³-hybridized carbons (Fsp3) is 0.898. The van der Waals surface area contributed by atoms with Crippen LogP contribution in [0.1, 0.15) is 265 Å². The topological polar surface area (TPSA) is 78.9 Å². The monoisotopic (exact) mass is 777 g/mol. The van der Waals surface area contributed by atoms with Gasteiger partial charge in [0.15, 0.2) is 6.10 Å².